The molecule has 2 aliphatic rings. The lowest BCUT2D eigenvalue weighted by molar-refractivity contribution is -0.129. The molecule has 130 valence electrons. The van der Waals surface area contributed by atoms with Gasteiger partial charge in [-0.1, -0.05) is 6.08 Å². The van der Waals surface area contributed by atoms with E-state index in [-0.39, 0.29) is 30.7 Å². The minimum atomic E-state index is -0.660. The van der Waals surface area contributed by atoms with E-state index < -0.39 is 11.9 Å². The maximum Gasteiger partial charge on any atom is 0.352 e. The summed E-state index contributed by atoms with van der Waals surface area (Å²) in [4.78, 5) is 45.5. The fourth-order valence-corrected chi connectivity index (χ4v) is 2.84. The lowest BCUT2D eigenvalue weighted by Gasteiger charge is -2.27. The van der Waals surface area contributed by atoms with Crippen LogP contribution < -0.4 is 5.32 Å². The smallest absolute Gasteiger partial charge is 0.350 e. The van der Waals surface area contributed by atoms with Crippen molar-refractivity contribution in [2.45, 2.75) is 13.8 Å². The molecule has 0 bridgehead atoms. The topological polar surface area (TPSA) is 109 Å². The van der Waals surface area contributed by atoms with Crippen molar-refractivity contribution in [1.82, 2.24) is 20.0 Å². The number of aliphatic imine (C=N–C) groups is 2. The first kappa shape index (κ1) is 16.7. The number of nitrogens with one attached hydrogen (secondary N) is 1. The third kappa shape index (κ3) is 3.00. The van der Waals surface area contributed by atoms with Crippen LogP contribution in [0.4, 0.5) is 4.79 Å². The van der Waals surface area contributed by atoms with Crippen molar-refractivity contribution in [2.24, 2.45) is 23.0 Å². The Morgan fingerprint density at radius 3 is 2.76 bits per heavy atom. The second kappa shape index (κ2) is 6.42. The number of rotatable bonds is 4. The number of hydrogen-bond donors (Lipinski definition) is 1. The van der Waals surface area contributed by atoms with E-state index in [1.165, 1.54) is 6.21 Å². The number of aryl methyl sites for hydroxylation is 2. The zero-order valence-corrected chi connectivity index (χ0v) is 14.2. The molecule has 0 radical (unpaired) electrons. The van der Waals surface area contributed by atoms with E-state index in [4.69, 9.17) is 0 Å². The quantitative estimate of drug-likeness (QED) is 0.853. The normalized spacial score (nSPS) is 19.1. The van der Waals surface area contributed by atoms with Gasteiger partial charge in [0.05, 0.1) is 11.3 Å². The van der Waals surface area contributed by atoms with Crippen LogP contribution in [0, 0.1) is 19.8 Å². The summed E-state index contributed by atoms with van der Waals surface area (Å²) in [5.41, 5.74) is 1.88. The first-order valence-electron chi connectivity index (χ1n) is 7.83. The predicted molar refractivity (Wildman–Crippen MR) is 90.7 cm³/mol. The molecule has 1 aromatic rings. The molecule has 1 aromatic heterocycles. The Kier molecular flexibility index (Phi) is 4.30. The zero-order chi connectivity index (χ0) is 18.1. The van der Waals surface area contributed by atoms with Gasteiger partial charge in [0.25, 0.3) is 5.91 Å². The van der Waals surface area contributed by atoms with Gasteiger partial charge < -0.3 is 5.32 Å². The number of allylic oxidation sites excluding steroid dienone is 1. The first-order chi connectivity index (χ1) is 11.9. The number of carbonyl (C=O) groups excluding carboxylic acids is 3. The van der Waals surface area contributed by atoms with Crippen LogP contribution in [0.1, 0.15) is 21.7 Å². The number of nitrogens with zero attached hydrogens (tertiary/aromatic N) is 5. The van der Waals surface area contributed by atoms with Crippen LogP contribution in [0.25, 0.3) is 0 Å². The second-order valence-electron chi connectivity index (χ2n) is 5.81. The van der Waals surface area contributed by atoms with Gasteiger partial charge in [0.1, 0.15) is 11.8 Å². The van der Waals surface area contributed by atoms with Crippen molar-refractivity contribution in [3.8, 4) is 0 Å². The molecule has 4 amide bonds. The Labute approximate surface area is 144 Å². The Morgan fingerprint density at radius 2 is 2.08 bits per heavy atom. The molecule has 0 aliphatic carbocycles. The van der Waals surface area contributed by atoms with E-state index in [0.717, 1.165) is 10.6 Å². The highest BCUT2D eigenvalue weighted by molar-refractivity contribution is 6.19. The van der Waals surface area contributed by atoms with Crippen molar-refractivity contribution in [2.75, 3.05) is 13.1 Å². The van der Waals surface area contributed by atoms with Gasteiger partial charge in [0.15, 0.2) is 0 Å². The molecule has 9 nitrogen and oxygen atoms in total. The minimum Gasteiger partial charge on any atom is -0.350 e. The highest BCUT2D eigenvalue weighted by Gasteiger charge is 2.36. The number of imide groups is 1. The SMILES string of the molecule is Cc1nn(C)c(C)c1C(=O)NCCN1C(=O)N=C2N=CC=CC2C1=O. The highest BCUT2D eigenvalue weighted by atomic mass is 16.2. The number of hydrogen-bond acceptors (Lipinski definition) is 5. The predicted octanol–water partition coefficient (Wildman–Crippen LogP) is 0.384. The summed E-state index contributed by atoms with van der Waals surface area (Å²) in [7, 11) is 1.76. The molecule has 0 saturated heterocycles. The number of carbonyl (C=O) groups is 3. The Hall–Kier alpha value is -3.10. The van der Waals surface area contributed by atoms with Crippen molar-refractivity contribution in [3.05, 3.63) is 29.1 Å². The summed E-state index contributed by atoms with van der Waals surface area (Å²) in [6.45, 7) is 3.74. The number of fused-ring (bicyclic) bond motifs is 1. The van der Waals surface area contributed by atoms with Crippen molar-refractivity contribution < 1.29 is 14.4 Å². The van der Waals surface area contributed by atoms with E-state index in [9.17, 15) is 14.4 Å². The third-order valence-electron chi connectivity index (χ3n) is 4.20. The molecule has 0 fully saturated rings. The van der Waals surface area contributed by atoms with Gasteiger partial charge in [0, 0.05) is 32.0 Å². The largest absolute Gasteiger partial charge is 0.352 e. The number of aromatic nitrogens is 2. The molecule has 1 N–H and O–H groups in total. The van der Waals surface area contributed by atoms with E-state index in [0.29, 0.717) is 11.3 Å². The van der Waals surface area contributed by atoms with Gasteiger partial charge in [-0.05, 0) is 19.9 Å². The molecular formula is C16H18N6O3. The van der Waals surface area contributed by atoms with Crippen LogP contribution in [0.15, 0.2) is 22.1 Å². The zero-order valence-electron chi connectivity index (χ0n) is 14.2. The Balaban J connectivity index is 1.64. The summed E-state index contributed by atoms with van der Waals surface area (Å²) in [5.74, 6) is -1.10. The Bertz CT molecular complexity index is 848. The van der Waals surface area contributed by atoms with Crippen molar-refractivity contribution in [1.29, 1.82) is 0 Å². The van der Waals surface area contributed by atoms with E-state index in [2.05, 4.69) is 20.4 Å². The lowest BCUT2D eigenvalue weighted by atomic mass is 10.0. The third-order valence-corrected chi connectivity index (χ3v) is 4.20. The van der Waals surface area contributed by atoms with Crippen LogP contribution in [0.3, 0.4) is 0 Å². The van der Waals surface area contributed by atoms with E-state index in [1.807, 2.05) is 0 Å². The maximum absolute atomic E-state index is 12.4. The molecule has 0 aromatic carbocycles. The van der Waals surface area contributed by atoms with Gasteiger partial charge in [0.2, 0.25) is 5.91 Å². The summed E-state index contributed by atoms with van der Waals surface area (Å²) in [6, 6.07) is -0.660. The van der Waals surface area contributed by atoms with Gasteiger partial charge in [-0.15, -0.1) is 0 Å². The highest BCUT2D eigenvalue weighted by Crippen LogP contribution is 2.18. The second-order valence-corrected chi connectivity index (χ2v) is 5.81. The monoisotopic (exact) mass is 342 g/mol. The molecule has 25 heavy (non-hydrogen) atoms. The summed E-state index contributed by atoms with van der Waals surface area (Å²) >= 11 is 0. The number of urea groups is 1. The number of dihydropyridines is 1. The van der Waals surface area contributed by atoms with E-state index in [1.54, 1.807) is 37.7 Å². The molecule has 1 unspecified atom stereocenters. The van der Waals surface area contributed by atoms with Gasteiger partial charge in [-0.3, -0.25) is 19.2 Å². The van der Waals surface area contributed by atoms with Gasteiger partial charge >= 0.3 is 6.03 Å². The van der Waals surface area contributed by atoms with Crippen LogP contribution in [0.2, 0.25) is 0 Å². The molecular weight excluding hydrogens is 324 g/mol. The van der Waals surface area contributed by atoms with Crippen LogP contribution in [-0.4, -0.2) is 57.7 Å². The first-order valence-corrected chi connectivity index (χ1v) is 7.83. The molecule has 9 heteroatoms. The van der Waals surface area contributed by atoms with Crippen LogP contribution in [0.5, 0.6) is 0 Å². The standard InChI is InChI=1S/C16H18N6O3/c1-9-12(10(2)21(3)20-9)14(23)18-7-8-22-15(24)11-5-4-6-17-13(11)19-16(22)25/h4-6,11H,7-8H2,1-3H3,(H,18,23). The fraction of sp³-hybridized carbons (Fsp3) is 0.375. The molecule has 0 saturated carbocycles. The molecule has 3 heterocycles. The molecule has 3 rings (SSSR count). The van der Waals surface area contributed by atoms with Crippen molar-refractivity contribution in [3.63, 3.8) is 0 Å². The van der Waals surface area contributed by atoms with Gasteiger partial charge in [-0.25, -0.2) is 9.79 Å². The van der Waals surface area contributed by atoms with Crippen LogP contribution >= 0.6 is 0 Å². The molecule has 1 atom stereocenters. The van der Waals surface area contributed by atoms with Crippen LogP contribution in [-0.2, 0) is 11.8 Å². The number of amidine groups is 1. The number of amides is 4. The fourth-order valence-electron chi connectivity index (χ4n) is 2.84. The lowest BCUT2D eigenvalue weighted by Crippen LogP contribution is -2.48. The average Bonchev–Trinajstić information content (AvgIpc) is 2.83. The summed E-state index contributed by atoms with van der Waals surface area (Å²) in [5, 5.41) is 6.92. The van der Waals surface area contributed by atoms with Crippen molar-refractivity contribution >= 4 is 29.9 Å². The molecule has 2 aliphatic heterocycles. The Morgan fingerprint density at radius 1 is 1.32 bits per heavy atom. The summed E-state index contributed by atoms with van der Waals surface area (Å²) < 4.78 is 1.63. The van der Waals surface area contributed by atoms with E-state index >= 15 is 0 Å². The van der Waals surface area contributed by atoms with Gasteiger partial charge in [-0.2, -0.15) is 10.1 Å². The summed E-state index contributed by atoms with van der Waals surface area (Å²) in [6.07, 6.45) is 4.78. The average molecular weight is 342 g/mol. The maximum atomic E-state index is 12.4. The molecule has 0 spiro atoms. The minimum absolute atomic E-state index is 0.0482.